The van der Waals surface area contributed by atoms with Gasteiger partial charge in [-0.3, -0.25) is 9.10 Å². The molecule has 3 aromatic rings. The number of hydrogen-bond donors (Lipinski definition) is 1. The van der Waals surface area contributed by atoms with Gasteiger partial charge in [-0.1, -0.05) is 68.4 Å². The number of para-hydroxylation sites is 1. The third-order valence-electron chi connectivity index (χ3n) is 5.12. The van der Waals surface area contributed by atoms with Gasteiger partial charge in [-0.2, -0.15) is 0 Å². The lowest BCUT2D eigenvalue weighted by atomic mass is 10.0. The van der Waals surface area contributed by atoms with Gasteiger partial charge in [0.1, 0.15) is 0 Å². The molecule has 0 atom stereocenters. The molecule has 0 fully saturated rings. The highest BCUT2D eigenvalue weighted by molar-refractivity contribution is 7.92. The molecule has 0 saturated carbocycles. The minimum absolute atomic E-state index is 0.115. The standard InChI is InChI=1S/C25H28N2O3S/c1-19(2)16-17-31(29,30)27(24-6-4-3-5-7-24)18-20-8-10-21(11-9-20)22-12-14-23(15-13-22)25(26)28/h3-15,19H,16-18H2,1-2H3,(H2,26,28). The van der Waals surface area contributed by atoms with Crippen LogP contribution in [-0.4, -0.2) is 20.1 Å². The molecule has 2 N–H and O–H groups in total. The number of amides is 1. The molecule has 0 heterocycles. The maximum atomic E-state index is 13.1. The highest BCUT2D eigenvalue weighted by Crippen LogP contribution is 2.25. The summed E-state index contributed by atoms with van der Waals surface area (Å²) in [7, 11) is -3.45. The Morgan fingerprint density at radius 2 is 1.42 bits per heavy atom. The number of anilines is 1. The van der Waals surface area contributed by atoms with Crippen molar-refractivity contribution in [2.24, 2.45) is 11.7 Å². The van der Waals surface area contributed by atoms with E-state index in [1.165, 1.54) is 4.31 Å². The zero-order chi connectivity index (χ0) is 22.4. The summed E-state index contributed by atoms with van der Waals surface area (Å²) in [5, 5.41) is 0. The summed E-state index contributed by atoms with van der Waals surface area (Å²) >= 11 is 0. The number of primary amides is 1. The number of nitrogens with two attached hydrogens (primary N) is 1. The summed E-state index contributed by atoms with van der Waals surface area (Å²) in [6.07, 6.45) is 0.617. The smallest absolute Gasteiger partial charge is 0.248 e. The summed E-state index contributed by atoms with van der Waals surface area (Å²) in [4.78, 5) is 11.2. The predicted molar refractivity (Wildman–Crippen MR) is 126 cm³/mol. The number of rotatable bonds is 9. The number of sulfonamides is 1. The fourth-order valence-electron chi connectivity index (χ4n) is 3.23. The molecule has 3 aromatic carbocycles. The van der Waals surface area contributed by atoms with Gasteiger partial charge in [0.05, 0.1) is 18.0 Å². The molecule has 0 aromatic heterocycles. The van der Waals surface area contributed by atoms with E-state index in [9.17, 15) is 13.2 Å². The number of hydrogen-bond acceptors (Lipinski definition) is 3. The monoisotopic (exact) mass is 436 g/mol. The summed E-state index contributed by atoms with van der Waals surface area (Å²) < 4.78 is 27.7. The fourth-order valence-corrected chi connectivity index (χ4v) is 5.01. The molecule has 3 rings (SSSR count). The molecule has 31 heavy (non-hydrogen) atoms. The Morgan fingerprint density at radius 3 is 1.94 bits per heavy atom. The van der Waals surface area contributed by atoms with E-state index < -0.39 is 15.9 Å². The number of nitrogens with zero attached hydrogens (tertiary/aromatic N) is 1. The molecule has 0 aliphatic heterocycles. The van der Waals surface area contributed by atoms with Crippen LogP contribution in [0, 0.1) is 5.92 Å². The van der Waals surface area contributed by atoms with E-state index in [4.69, 9.17) is 5.73 Å². The summed E-state index contributed by atoms with van der Waals surface area (Å²) in [5.41, 5.74) is 9.26. The Labute approximate surface area is 184 Å². The minimum atomic E-state index is -3.45. The maximum Gasteiger partial charge on any atom is 0.248 e. The van der Waals surface area contributed by atoms with Gasteiger partial charge in [0.25, 0.3) is 0 Å². The molecule has 0 aliphatic carbocycles. The highest BCUT2D eigenvalue weighted by atomic mass is 32.2. The SMILES string of the molecule is CC(C)CCS(=O)(=O)N(Cc1ccc(-c2ccc(C(N)=O)cc2)cc1)c1ccccc1. The first-order valence-corrected chi connectivity index (χ1v) is 11.9. The zero-order valence-corrected chi connectivity index (χ0v) is 18.7. The normalized spacial score (nSPS) is 11.5. The second-order valence-electron chi connectivity index (χ2n) is 7.98. The molecular weight excluding hydrogens is 408 g/mol. The molecular formula is C25H28N2O3S. The van der Waals surface area contributed by atoms with Crippen molar-refractivity contribution in [2.75, 3.05) is 10.1 Å². The van der Waals surface area contributed by atoms with E-state index in [1.807, 2.05) is 80.6 Å². The molecule has 0 bridgehead atoms. The van der Waals surface area contributed by atoms with Gasteiger partial charge in [0.2, 0.25) is 15.9 Å². The Bertz CT molecular complexity index is 1110. The van der Waals surface area contributed by atoms with Crippen LogP contribution in [0.15, 0.2) is 78.9 Å². The topological polar surface area (TPSA) is 80.5 Å². The summed E-state index contributed by atoms with van der Waals surface area (Å²) in [5.74, 6) is -0.0293. The molecule has 0 spiro atoms. The first kappa shape index (κ1) is 22.6. The van der Waals surface area contributed by atoms with Gasteiger partial charge in [0, 0.05) is 5.56 Å². The Balaban J connectivity index is 1.83. The largest absolute Gasteiger partial charge is 0.366 e. The highest BCUT2D eigenvalue weighted by Gasteiger charge is 2.23. The van der Waals surface area contributed by atoms with Gasteiger partial charge in [-0.25, -0.2) is 8.42 Å². The zero-order valence-electron chi connectivity index (χ0n) is 17.9. The van der Waals surface area contributed by atoms with Crippen LogP contribution < -0.4 is 10.0 Å². The maximum absolute atomic E-state index is 13.1. The lowest BCUT2D eigenvalue weighted by molar-refractivity contribution is 0.100. The van der Waals surface area contributed by atoms with E-state index >= 15 is 0 Å². The molecule has 5 nitrogen and oxygen atoms in total. The Kier molecular flexibility index (Phi) is 7.13. The predicted octanol–water partition coefficient (Wildman–Crippen LogP) is 4.84. The van der Waals surface area contributed by atoms with Crippen LogP contribution in [0.1, 0.15) is 36.2 Å². The van der Waals surface area contributed by atoms with Gasteiger partial charge >= 0.3 is 0 Å². The number of carbonyl (C=O) groups excluding carboxylic acids is 1. The van der Waals surface area contributed by atoms with Gasteiger partial charge in [0.15, 0.2) is 0 Å². The lowest BCUT2D eigenvalue weighted by Gasteiger charge is -2.25. The third-order valence-corrected chi connectivity index (χ3v) is 6.88. The van der Waals surface area contributed by atoms with Gasteiger partial charge in [-0.05, 0) is 53.3 Å². The molecule has 1 amide bonds. The van der Waals surface area contributed by atoms with Crippen molar-refractivity contribution in [3.8, 4) is 11.1 Å². The van der Waals surface area contributed by atoms with Crippen LogP contribution in [-0.2, 0) is 16.6 Å². The summed E-state index contributed by atoms with van der Waals surface area (Å²) in [6.45, 7) is 4.32. The van der Waals surface area contributed by atoms with E-state index in [1.54, 1.807) is 12.1 Å². The second-order valence-corrected chi connectivity index (χ2v) is 9.99. The van der Waals surface area contributed by atoms with Crippen LogP contribution >= 0.6 is 0 Å². The minimum Gasteiger partial charge on any atom is -0.366 e. The van der Waals surface area contributed by atoms with Gasteiger partial charge in [-0.15, -0.1) is 0 Å². The average Bonchev–Trinajstić information content (AvgIpc) is 2.77. The Hall–Kier alpha value is -3.12. The van der Waals surface area contributed by atoms with E-state index in [2.05, 4.69) is 0 Å². The molecule has 0 radical (unpaired) electrons. The van der Waals surface area contributed by atoms with Crippen molar-refractivity contribution >= 4 is 21.6 Å². The molecule has 6 heteroatoms. The van der Waals surface area contributed by atoms with Gasteiger partial charge < -0.3 is 5.73 Å². The van der Waals surface area contributed by atoms with Crippen LogP contribution in [0.25, 0.3) is 11.1 Å². The molecule has 0 aliphatic rings. The van der Waals surface area contributed by atoms with Crippen molar-refractivity contribution in [3.63, 3.8) is 0 Å². The van der Waals surface area contributed by atoms with Crippen LogP contribution in [0.2, 0.25) is 0 Å². The van der Waals surface area contributed by atoms with Crippen molar-refractivity contribution in [1.82, 2.24) is 0 Å². The van der Waals surface area contributed by atoms with E-state index in [-0.39, 0.29) is 12.3 Å². The quantitative estimate of drug-likeness (QED) is 0.521. The summed E-state index contributed by atoms with van der Waals surface area (Å²) in [6, 6.07) is 24.1. The first-order valence-electron chi connectivity index (χ1n) is 10.3. The molecule has 162 valence electrons. The molecule has 0 saturated heterocycles. The fraction of sp³-hybridized carbons (Fsp3) is 0.240. The average molecular weight is 437 g/mol. The van der Waals surface area contributed by atoms with Crippen molar-refractivity contribution < 1.29 is 13.2 Å². The van der Waals surface area contributed by atoms with Crippen molar-refractivity contribution in [3.05, 3.63) is 90.0 Å². The number of benzene rings is 3. The molecule has 0 unspecified atom stereocenters. The van der Waals surface area contributed by atoms with Crippen LogP contribution in [0.4, 0.5) is 5.69 Å². The lowest BCUT2D eigenvalue weighted by Crippen LogP contribution is -2.33. The third kappa shape index (κ3) is 5.95. The van der Waals surface area contributed by atoms with E-state index in [0.29, 0.717) is 23.6 Å². The Morgan fingerprint density at radius 1 is 0.871 bits per heavy atom. The number of carbonyl (C=O) groups is 1. The van der Waals surface area contributed by atoms with Crippen molar-refractivity contribution in [1.29, 1.82) is 0 Å². The second kappa shape index (κ2) is 9.79. The first-order chi connectivity index (χ1) is 14.8. The van der Waals surface area contributed by atoms with Crippen LogP contribution in [0.5, 0.6) is 0 Å². The van der Waals surface area contributed by atoms with Crippen LogP contribution in [0.3, 0.4) is 0 Å². The van der Waals surface area contributed by atoms with Crippen molar-refractivity contribution in [2.45, 2.75) is 26.8 Å². The van der Waals surface area contributed by atoms with E-state index in [0.717, 1.165) is 16.7 Å².